The molecular formula is C19H14ClF2NOS. The standard InChI is InChI=1S/C19H14ClF2NOS/c20-13-5-7-14(8-6-13)25-17-4-2-1-3-12(17)11-23-16-10-9-15(21)18(22)19(16)24/h1-10,23-24H,11H2. The lowest BCUT2D eigenvalue weighted by molar-refractivity contribution is 0.409. The first-order valence-corrected chi connectivity index (χ1v) is 8.66. The summed E-state index contributed by atoms with van der Waals surface area (Å²) in [6.45, 7) is 0.357. The van der Waals surface area contributed by atoms with Crippen molar-refractivity contribution >= 4 is 29.1 Å². The van der Waals surface area contributed by atoms with E-state index in [2.05, 4.69) is 5.32 Å². The Hall–Kier alpha value is -2.24. The van der Waals surface area contributed by atoms with Gasteiger partial charge in [0.05, 0.1) is 5.69 Å². The van der Waals surface area contributed by atoms with Crippen molar-refractivity contribution in [3.63, 3.8) is 0 Å². The second-order valence-corrected chi connectivity index (χ2v) is 6.83. The fraction of sp³-hybridized carbons (Fsp3) is 0.0526. The van der Waals surface area contributed by atoms with Gasteiger partial charge < -0.3 is 10.4 Å². The maximum Gasteiger partial charge on any atom is 0.202 e. The maximum absolute atomic E-state index is 13.4. The molecule has 0 amide bonds. The second kappa shape index (κ2) is 7.76. The van der Waals surface area contributed by atoms with E-state index in [1.54, 1.807) is 11.8 Å². The molecule has 0 aliphatic rings. The SMILES string of the molecule is Oc1c(NCc2ccccc2Sc2ccc(Cl)cc2)ccc(F)c1F. The smallest absolute Gasteiger partial charge is 0.202 e. The molecule has 0 aliphatic heterocycles. The molecule has 128 valence electrons. The molecule has 0 unspecified atom stereocenters. The summed E-state index contributed by atoms with van der Waals surface area (Å²) in [6, 6.07) is 17.5. The number of phenols is 1. The lowest BCUT2D eigenvalue weighted by atomic mass is 10.2. The van der Waals surface area contributed by atoms with Crippen LogP contribution in [-0.2, 0) is 6.54 Å². The predicted octanol–water partition coefficient (Wildman–Crippen LogP) is 6.09. The first kappa shape index (κ1) is 17.6. The Kier molecular flexibility index (Phi) is 5.46. The average Bonchev–Trinajstić information content (AvgIpc) is 2.62. The molecule has 0 atom stereocenters. The molecule has 3 aromatic rings. The van der Waals surface area contributed by atoms with Gasteiger partial charge in [0, 0.05) is 21.4 Å². The van der Waals surface area contributed by atoms with Gasteiger partial charge in [-0.25, -0.2) is 4.39 Å². The van der Waals surface area contributed by atoms with Crippen LogP contribution in [-0.4, -0.2) is 5.11 Å². The van der Waals surface area contributed by atoms with Crippen LogP contribution in [0.3, 0.4) is 0 Å². The molecule has 25 heavy (non-hydrogen) atoms. The minimum Gasteiger partial charge on any atom is -0.503 e. The molecule has 0 aliphatic carbocycles. The fourth-order valence-electron chi connectivity index (χ4n) is 2.25. The highest BCUT2D eigenvalue weighted by Gasteiger charge is 2.12. The Morgan fingerprint density at radius 2 is 1.68 bits per heavy atom. The first-order chi connectivity index (χ1) is 12.0. The summed E-state index contributed by atoms with van der Waals surface area (Å²) in [5.41, 5.74) is 1.11. The molecule has 0 spiro atoms. The summed E-state index contributed by atoms with van der Waals surface area (Å²) >= 11 is 7.47. The monoisotopic (exact) mass is 377 g/mol. The number of hydrogen-bond donors (Lipinski definition) is 2. The summed E-state index contributed by atoms with van der Waals surface area (Å²) in [7, 11) is 0. The molecule has 0 bridgehead atoms. The molecule has 0 heterocycles. The third kappa shape index (κ3) is 4.24. The Bertz CT molecular complexity index is 887. The Morgan fingerprint density at radius 1 is 0.960 bits per heavy atom. The van der Waals surface area contributed by atoms with E-state index >= 15 is 0 Å². The number of nitrogens with one attached hydrogen (secondary N) is 1. The van der Waals surface area contributed by atoms with Gasteiger partial charge in [-0.1, -0.05) is 41.6 Å². The predicted molar refractivity (Wildman–Crippen MR) is 97.4 cm³/mol. The number of benzene rings is 3. The lowest BCUT2D eigenvalue weighted by Crippen LogP contribution is -2.02. The van der Waals surface area contributed by atoms with E-state index in [1.165, 1.54) is 6.07 Å². The van der Waals surface area contributed by atoms with Gasteiger partial charge in [-0.05, 0) is 48.0 Å². The Morgan fingerprint density at radius 3 is 2.44 bits per heavy atom. The summed E-state index contributed by atoms with van der Waals surface area (Å²) in [5, 5.41) is 13.3. The molecule has 6 heteroatoms. The zero-order valence-corrected chi connectivity index (χ0v) is 14.5. The van der Waals surface area contributed by atoms with Crippen molar-refractivity contribution in [1.29, 1.82) is 0 Å². The summed E-state index contributed by atoms with van der Waals surface area (Å²) in [6.07, 6.45) is 0. The first-order valence-electron chi connectivity index (χ1n) is 7.47. The number of halogens is 3. The van der Waals surface area contributed by atoms with Gasteiger partial charge >= 0.3 is 0 Å². The third-order valence-electron chi connectivity index (χ3n) is 3.55. The van der Waals surface area contributed by atoms with Gasteiger partial charge in [0.2, 0.25) is 5.82 Å². The van der Waals surface area contributed by atoms with E-state index < -0.39 is 17.4 Å². The van der Waals surface area contributed by atoms with Crippen LogP contribution in [0.25, 0.3) is 0 Å². The van der Waals surface area contributed by atoms with Crippen LogP contribution < -0.4 is 5.32 Å². The van der Waals surface area contributed by atoms with E-state index in [9.17, 15) is 13.9 Å². The maximum atomic E-state index is 13.4. The van der Waals surface area contributed by atoms with Crippen molar-refractivity contribution < 1.29 is 13.9 Å². The molecule has 2 N–H and O–H groups in total. The van der Waals surface area contributed by atoms with Crippen LogP contribution >= 0.6 is 23.4 Å². The van der Waals surface area contributed by atoms with E-state index in [-0.39, 0.29) is 5.69 Å². The quantitative estimate of drug-likeness (QED) is 0.528. The number of anilines is 1. The number of rotatable bonds is 5. The zero-order valence-electron chi connectivity index (χ0n) is 13.0. The van der Waals surface area contributed by atoms with Crippen molar-refractivity contribution in [2.45, 2.75) is 16.3 Å². The van der Waals surface area contributed by atoms with Gasteiger partial charge in [-0.2, -0.15) is 4.39 Å². The summed E-state index contributed by atoms with van der Waals surface area (Å²) in [4.78, 5) is 2.05. The molecule has 3 aromatic carbocycles. The van der Waals surface area contributed by atoms with Crippen molar-refractivity contribution in [1.82, 2.24) is 0 Å². The molecule has 0 aromatic heterocycles. The second-order valence-electron chi connectivity index (χ2n) is 5.27. The van der Waals surface area contributed by atoms with Crippen molar-refractivity contribution in [2.24, 2.45) is 0 Å². The minimum atomic E-state index is -1.26. The van der Waals surface area contributed by atoms with Crippen LogP contribution in [0.15, 0.2) is 70.5 Å². The molecular weight excluding hydrogens is 364 g/mol. The lowest BCUT2D eigenvalue weighted by Gasteiger charge is -2.12. The van der Waals surface area contributed by atoms with Crippen LogP contribution in [0.4, 0.5) is 14.5 Å². The zero-order chi connectivity index (χ0) is 17.8. The van der Waals surface area contributed by atoms with Crippen LogP contribution in [0.1, 0.15) is 5.56 Å². The number of phenolic OH excluding ortho intramolecular Hbond substituents is 1. The van der Waals surface area contributed by atoms with Crippen LogP contribution in [0, 0.1) is 11.6 Å². The molecule has 2 nitrogen and oxygen atoms in total. The van der Waals surface area contributed by atoms with Gasteiger partial charge in [-0.15, -0.1) is 0 Å². The third-order valence-corrected chi connectivity index (χ3v) is 4.93. The highest BCUT2D eigenvalue weighted by atomic mass is 35.5. The van der Waals surface area contributed by atoms with E-state index in [0.717, 1.165) is 21.4 Å². The fourth-order valence-corrected chi connectivity index (χ4v) is 3.32. The Labute approximate surface area is 153 Å². The highest BCUT2D eigenvalue weighted by molar-refractivity contribution is 7.99. The summed E-state index contributed by atoms with van der Waals surface area (Å²) in [5.74, 6) is -3.06. The van der Waals surface area contributed by atoms with E-state index in [0.29, 0.717) is 11.6 Å². The normalized spacial score (nSPS) is 10.7. The van der Waals surface area contributed by atoms with Crippen molar-refractivity contribution in [3.05, 3.63) is 82.9 Å². The number of aromatic hydroxyl groups is 1. The summed E-state index contributed by atoms with van der Waals surface area (Å²) < 4.78 is 26.5. The molecule has 0 saturated heterocycles. The van der Waals surface area contributed by atoms with E-state index in [4.69, 9.17) is 11.6 Å². The minimum absolute atomic E-state index is 0.144. The van der Waals surface area contributed by atoms with Gasteiger partial charge in [0.25, 0.3) is 0 Å². The average molecular weight is 378 g/mol. The van der Waals surface area contributed by atoms with Crippen LogP contribution in [0.5, 0.6) is 5.75 Å². The van der Waals surface area contributed by atoms with Crippen molar-refractivity contribution in [2.75, 3.05) is 5.32 Å². The highest BCUT2D eigenvalue weighted by Crippen LogP contribution is 2.33. The van der Waals surface area contributed by atoms with E-state index in [1.807, 2.05) is 48.5 Å². The molecule has 3 rings (SSSR count). The molecule has 0 fully saturated rings. The Balaban J connectivity index is 1.77. The molecule has 0 saturated carbocycles. The number of hydrogen-bond acceptors (Lipinski definition) is 3. The van der Waals surface area contributed by atoms with Crippen molar-refractivity contribution in [3.8, 4) is 5.75 Å². The largest absolute Gasteiger partial charge is 0.503 e. The van der Waals surface area contributed by atoms with Gasteiger partial charge in [0.1, 0.15) is 0 Å². The van der Waals surface area contributed by atoms with Gasteiger partial charge in [0.15, 0.2) is 11.6 Å². The topological polar surface area (TPSA) is 32.3 Å². The van der Waals surface area contributed by atoms with Crippen LogP contribution in [0.2, 0.25) is 5.02 Å². The van der Waals surface area contributed by atoms with Gasteiger partial charge in [-0.3, -0.25) is 0 Å². The molecule has 0 radical (unpaired) electrons.